The van der Waals surface area contributed by atoms with Crippen LogP contribution in [0.3, 0.4) is 0 Å². The highest BCUT2D eigenvalue weighted by molar-refractivity contribution is 8.00. The van der Waals surface area contributed by atoms with Crippen molar-refractivity contribution in [2.45, 2.75) is 57.2 Å². The van der Waals surface area contributed by atoms with Crippen LogP contribution < -0.4 is 5.32 Å². The molecule has 0 spiro atoms. The third kappa shape index (κ3) is 8.65. The van der Waals surface area contributed by atoms with Crippen LogP contribution in [-0.2, 0) is 9.53 Å². The summed E-state index contributed by atoms with van der Waals surface area (Å²) in [5.41, 5.74) is 0. The fourth-order valence-corrected chi connectivity index (χ4v) is 2.81. The molecule has 0 rings (SSSR count). The zero-order chi connectivity index (χ0) is 16.3. The largest absolute Gasteiger partial charge is 0.480 e. The number of allylic oxidation sites excluding steroid dienone is 1. The molecule has 0 aromatic carbocycles. The van der Waals surface area contributed by atoms with E-state index in [2.05, 4.69) is 11.9 Å². The Morgan fingerprint density at radius 3 is 2.62 bits per heavy atom. The number of carboxylic acids is 1. The average molecular weight is 317 g/mol. The fraction of sp³-hybridized carbons (Fsp3) is 0.733. The molecule has 0 aromatic heterocycles. The number of thioether (sulfide) groups is 1. The van der Waals surface area contributed by atoms with Crippen molar-refractivity contribution in [2.75, 3.05) is 12.4 Å². The lowest BCUT2D eigenvalue weighted by atomic mass is 10.0. The van der Waals surface area contributed by atoms with Crippen LogP contribution in [-0.4, -0.2) is 40.3 Å². The summed E-state index contributed by atoms with van der Waals surface area (Å²) in [6, 6.07) is -0.986. The van der Waals surface area contributed by atoms with Crippen LogP contribution in [0.1, 0.15) is 46.5 Å². The van der Waals surface area contributed by atoms with Crippen molar-refractivity contribution in [1.29, 1.82) is 0 Å². The van der Waals surface area contributed by atoms with E-state index in [0.29, 0.717) is 6.61 Å². The summed E-state index contributed by atoms with van der Waals surface area (Å²) in [5.74, 6) is -0.237. The van der Waals surface area contributed by atoms with Gasteiger partial charge in [-0.2, -0.15) is 11.8 Å². The molecule has 1 atom stereocenters. The van der Waals surface area contributed by atoms with Crippen LogP contribution in [0, 0.1) is 0 Å². The van der Waals surface area contributed by atoms with Gasteiger partial charge in [-0.15, -0.1) is 6.58 Å². The SMILES string of the molecule is C=CCCCSC(C)(C)[C@H](NC(=O)OCCCC)C(=O)O. The molecule has 21 heavy (non-hydrogen) atoms. The van der Waals surface area contributed by atoms with Gasteiger partial charge in [0.1, 0.15) is 6.04 Å². The maximum absolute atomic E-state index is 11.6. The molecule has 6 heteroatoms. The minimum absolute atomic E-state index is 0.307. The summed E-state index contributed by atoms with van der Waals surface area (Å²) in [4.78, 5) is 23.0. The number of unbranched alkanes of at least 4 members (excludes halogenated alkanes) is 2. The molecule has 2 N–H and O–H groups in total. The summed E-state index contributed by atoms with van der Waals surface area (Å²) >= 11 is 1.53. The van der Waals surface area contributed by atoms with E-state index in [1.807, 2.05) is 26.8 Å². The van der Waals surface area contributed by atoms with Crippen LogP contribution in [0.2, 0.25) is 0 Å². The van der Waals surface area contributed by atoms with E-state index < -0.39 is 22.9 Å². The summed E-state index contributed by atoms with van der Waals surface area (Å²) < 4.78 is 4.35. The number of carboxylic acid groups (broad SMARTS) is 1. The van der Waals surface area contributed by atoms with E-state index in [0.717, 1.165) is 31.4 Å². The van der Waals surface area contributed by atoms with E-state index in [-0.39, 0.29) is 0 Å². The van der Waals surface area contributed by atoms with Gasteiger partial charge in [0.2, 0.25) is 0 Å². The first-order valence-electron chi connectivity index (χ1n) is 7.26. The Labute approximate surface area is 131 Å². The van der Waals surface area contributed by atoms with Crippen LogP contribution >= 0.6 is 11.8 Å². The standard InChI is InChI=1S/C15H27NO4S/c1-5-7-9-11-21-15(3,4)12(13(17)18)16-14(19)20-10-8-6-2/h5,12H,1,6-11H2,2-4H3,(H,16,19)(H,17,18)/t12-/m1/s1. The number of ether oxygens (including phenoxy) is 1. The Hall–Kier alpha value is -1.17. The van der Waals surface area contributed by atoms with E-state index in [1.165, 1.54) is 11.8 Å². The molecule has 0 saturated heterocycles. The number of carbonyl (C=O) groups is 2. The lowest BCUT2D eigenvalue weighted by Gasteiger charge is -2.31. The number of nitrogens with one attached hydrogen (secondary N) is 1. The first kappa shape index (κ1) is 19.8. The average Bonchev–Trinajstić information content (AvgIpc) is 2.41. The molecule has 5 nitrogen and oxygen atoms in total. The van der Waals surface area contributed by atoms with Gasteiger partial charge in [0.05, 0.1) is 6.61 Å². The van der Waals surface area contributed by atoms with Gasteiger partial charge in [-0.05, 0) is 38.9 Å². The van der Waals surface area contributed by atoms with E-state index in [1.54, 1.807) is 0 Å². The van der Waals surface area contributed by atoms with E-state index in [4.69, 9.17) is 4.74 Å². The summed E-state index contributed by atoms with van der Waals surface area (Å²) in [6.45, 7) is 9.59. The molecule has 0 fully saturated rings. The van der Waals surface area contributed by atoms with Gasteiger partial charge in [-0.3, -0.25) is 0 Å². The highest BCUT2D eigenvalue weighted by Gasteiger charge is 2.37. The first-order chi connectivity index (χ1) is 9.85. The zero-order valence-electron chi connectivity index (χ0n) is 13.2. The van der Waals surface area contributed by atoms with Crippen molar-refractivity contribution in [3.05, 3.63) is 12.7 Å². The van der Waals surface area contributed by atoms with Crippen molar-refractivity contribution < 1.29 is 19.4 Å². The molecule has 0 aromatic rings. The van der Waals surface area contributed by atoms with E-state index >= 15 is 0 Å². The Bertz CT molecular complexity index is 345. The Morgan fingerprint density at radius 1 is 1.43 bits per heavy atom. The number of aliphatic carboxylic acids is 1. The van der Waals surface area contributed by atoms with Gasteiger partial charge >= 0.3 is 12.1 Å². The molecule has 0 aliphatic carbocycles. The highest BCUT2D eigenvalue weighted by Crippen LogP contribution is 2.29. The molecule has 0 bridgehead atoms. The van der Waals surface area contributed by atoms with Crippen LogP contribution in [0.15, 0.2) is 12.7 Å². The van der Waals surface area contributed by atoms with Crippen molar-refractivity contribution >= 4 is 23.8 Å². The van der Waals surface area contributed by atoms with Crippen LogP contribution in [0.4, 0.5) is 4.79 Å². The number of alkyl carbamates (subject to hydrolysis) is 1. The minimum Gasteiger partial charge on any atom is -0.480 e. The summed E-state index contributed by atoms with van der Waals surface area (Å²) in [7, 11) is 0. The Kier molecular flexibility index (Phi) is 9.95. The molecule has 122 valence electrons. The normalized spacial score (nSPS) is 12.5. The quantitative estimate of drug-likeness (QED) is 0.451. The van der Waals surface area contributed by atoms with Gasteiger partial charge < -0.3 is 15.2 Å². The second kappa shape index (κ2) is 10.5. The molecule has 0 aliphatic heterocycles. The molecule has 0 aliphatic rings. The molecule has 0 radical (unpaired) electrons. The lowest BCUT2D eigenvalue weighted by molar-refractivity contribution is -0.140. The van der Waals surface area contributed by atoms with E-state index in [9.17, 15) is 14.7 Å². The monoisotopic (exact) mass is 317 g/mol. The van der Waals surface area contributed by atoms with Crippen molar-refractivity contribution in [1.82, 2.24) is 5.32 Å². The molecular weight excluding hydrogens is 290 g/mol. The number of hydrogen-bond donors (Lipinski definition) is 2. The van der Waals surface area contributed by atoms with Crippen molar-refractivity contribution in [2.24, 2.45) is 0 Å². The van der Waals surface area contributed by atoms with Crippen LogP contribution in [0.5, 0.6) is 0 Å². The second-order valence-electron chi connectivity index (χ2n) is 5.29. The molecule has 0 unspecified atom stereocenters. The second-order valence-corrected chi connectivity index (χ2v) is 7.04. The highest BCUT2D eigenvalue weighted by atomic mass is 32.2. The predicted octanol–water partition coefficient (Wildman–Crippen LogP) is 3.44. The number of rotatable bonds is 11. The molecule has 0 heterocycles. The Balaban J connectivity index is 4.46. The topological polar surface area (TPSA) is 75.6 Å². The van der Waals surface area contributed by atoms with Crippen molar-refractivity contribution in [3.8, 4) is 0 Å². The van der Waals surface area contributed by atoms with Gasteiger partial charge in [0.25, 0.3) is 0 Å². The van der Waals surface area contributed by atoms with Gasteiger partial charge in [-0.25, -0.2) is 9.59 Å². The summed E-state index contributed by atoms with van der Waals surface area (Å²) in [6.07, 6.45) is 4.69. The maximum Gasteiger partial charge on any atom is 0.407 e. The lowest BCUT2D eigenvalue weighted by Crippen LogP contribution is -2.52. The maximum atomic E-state index is 11.6. The summed E-state index contributed by atoms with van der Waals surface area (Å²) in [5, 5.41) is 11.8. The number of amides is 1. The Morgan fingerprint density at radius 2 is 2.10 bits per heavy atom. The predicted molar refractivity (Wildman–Crippen MR) is 86.8 cm³/mol. The van der Waals surface area contributed by atoms with Gasteiger partial charge in [0, 0.05) is 4.75 Å². The smallest absolute Gasteiger partial charge is 0.407 e. The third-order valence-corrected chi connectivity index (χ3v) is 4.43. The molecule has 0 saturated carbocycles. The molecular formula is C15H27NO4S. The number of carbonyl (C=O) groups excluding carboxylic acids is 1. The van der Waals surface area contributed by atoms with Crippen molar-refractivity contribution in [3.63, 3.8) is 0 Å². The third-order valence-electron chi connectivity index (χ3n) is 2.96. The minimum atomic E-state index is -1.05. The number of hydrogen-bond acceptors (Lipinski definition) is 4. The van der Waals surface area contributed by atoms with Gasteiger partial charge in [-0.1, -0.05) is 19.4 Å². The fourth-order valence-electron chi connectivity index (χ4n) is 1.65. The van der Waals surface area contributed by atoms with Crippen LogP contribution in [0.25, 0.3) is 0 Å². The van der Waals surface area contributed by atoms with Gasteiger partial charge in [0.15, 0.2) is 0 Å². The zero-order valence-corrected chi connectivity index (χ0v) is 14.0. The molecule has 1 amide bonds. The first-order valence-corrected chi connectivity index (χ1v) is 8.24.